The summed E-state index contributed by atoms with van der Waals surface area (Å²) in [5.74, 6) is 0. The second-order valence-corrected chi connectivity index (χ2v) is 6.93. The molecule has 0 amide bonds. The molecule has 0 aliphatic heterocycles. The van der Waals surface area contributed by atoms with Crippen molar-refractivity contribution in [3.63, 3.8) is 0 Å². The van der Waals surface area contributed by atoms with E-state index in [9.17, 15) is 0 Å². The van der Waals surface area contributed by atoms with E-state index >= 15 is 0 Å². The minimum absolute atomic E-state index is 0. The van der Waals surface area contributed by atoms with E-state index in [4.69, 9.17) is 5.73 Å². The van der Waals surface area contributed by atoms with Crippen molar-refractivity contribution in [2.75, 3.05) is 0 Å². The van der Waals surface area contributed by atoms with E-state index in [0.717, 1.165) is 16.7 Å². The summed E-state index contributed by atoms with van der Waals surface area (Å²) in [6.45, 7) is 6.51. The zero-order chi connectivity index (χ0) is 16.4. The van der Waals surface area contributed by atoms with Crippen LogP contribution >= 0.6 is 0 Å². The molecule has 0 radical (unpaired) electrons. The quantitative estimate of drug-likeness (QED) is 0.639. The molecule has 1 nitrogen and oxygen atoms in total. The first-order valence-corrected chi connectivity index (χ1v) is 7.98. The third-order valence-corrected chi connectivity index (χ3v) is 4.14. The van der Waals surface area contributed by atoms with Gasteiger partial charge in [-0.2, -0.15) is 0 Å². The average Bonchev–Trinajstić information content (AvgIpc) is 2.55. The third kappa shape index (κ3) is 3.75. The van der Waals surface area contributed by atoms with Crippen molar-refractivity contribution < 1.29 is 18.9 Å². The largest absolute Gasteiger partial charge is 1.00 e. The van der Waals surface area contributed by atoms with E-state index in [1.807, 2.05) is 24.3 Å². The van der Waals surface area contributed by atoms with E-state index in [2.05, 4.69) is 69.3 Å². The number of nitrogens with one attached hydrogen (secondary N) is 1. The third-order valence-electron chi connectivity index (χ3n) is 4.14. The molecule has 2 heteroatoms. The first kappa shape index (κ1) is 18.4. The monoisotopic (exact) mass is 307 g/mol. The zero-order valence-corrected chi connectivity index (χ0v) is 14.9. The van der Waals surface area contributed by atoms with Gasteiger partial charge in [0.2, 0.25) is 0 Å². The van der Waals surface area contributed by atoms with Gasteiger partial charge in [0.05, 0.1) is 0 Å². The van der Waals surface area contributed by atoms with Crippen LogP contribution in [0.25, 0.3) is 28.0 Å². The smallest absolute Gasteiger partial charge is 0.698 e. The molecule has 0 aliphatic rings. The summed E-state index contributed by atoms with van der Waals surface area (Å²) in [6.07, 6.45) is 0. The summed E-state index contributed by atoms with van der Waals surface area (Å²) < 4.78 is 0. The van der Waals surface area contributed by atoms with Gasteiger partial charge in [0.1, 0.15) is 0 Å². The predicted molar refractivity (Wildman–Crippen MR) is 100.0 cm³/mol. The van der Waals surface area contributed by atoms with Gasteiger partial charge in [-0.15, -0.1) is 5.69 Å². The van der Waals surface area contributed by atoms with E-state index in [0.29, 0.717) is 5.69 Å². The minimum atomic E-state index is -0.0641. The van der Waals surface area contributed by atoms with Crippen molar-refractivity contribution >= 4 is 5.69 Å². The second kappa shape index (κ2) is 7.30. The molecule has 3 aromatic carbocycles. The maximum absolute atomic E-state index is 8.70. The molecule has 0 bridgehead atoms. The zero-order valence-electron chi connectivity index (χ0n) is 14.9. The molecule has 0 spiro atoms. The molecule has 0 heterocycles. The molecule has 0 unspecified atom stereocenters. The fourth-order valence-electron chi connectivity index (χ4n) is 2.88. The molecule has 0 aliphatic carbocycles. The second-order valence-electron chi connectivity index (χ2n) is 6.93. The fraction of sp³-hybridized carbons (Fsp3) is 0.182. The topological polar surface area (TPSA) is 23.8 Å². The van der Waals surface area contributed by atoms with Gasteiger partial charge in [0, 0.05) is 0 Å². The summed E-state index contributed by atoms with van der Waals surface area (Å²) >= 11 is 0. The van der Waals surface area contributed by atoms with Gasteiger partial charge in [-0.1, -0.05) is 93.1 Å². The van der Waals surface area contributed by atoms with E-state index in [1.54, 1.807) is 0 Å². The normalized spacial score (nSPS) is 11.0. The molecule has 0 aromatic heterocycles. The number of hydrogen-bond donors (Lipinski definition) is 0. The van der Waals surface area contributed by atoms with Crippen molar-refractivity contribution in [2.45, 2.75) is 26.2 Å². The van der Waals surface area contributed by atoms with E-state index in [1.165, 1.54) is 11.1 Å². The summed E-state index contributed by atoms with van der Waals surface area (Å²) in [5.41, 5.74) is 14.8. The van der Waals surface area contributed by atoms with Gasteiger partial charge in [0.15, 0.2) is 0 Å². The Kier molecular flexibility index (Phi) is 5.60. The molecule has 116 valence electrons. The van der Waals surface area contributed by atoms with Crippen LogP contribution < -0.4 is 18.9 Å². The van der Waals surface area contributed by atoms with E-state index < -0.39 is 0 Å². The van der Waals surface area contributed by atoms with Crippen LogP contribution in [0.5, 0.6) is 0 Å². The molecule has 0 fully saturated rings. The van der Waals surface area contributed by atoms with Gasteiger partial charge < -0.3 is 5.73 Å². The molecule has 0 saturated heterocycles. The van der Waals surface area contributed by atoms with Gasteiger partial charge in [-0.05, 0) is 33.7 Å². The van der Waals surface area contributed by atoms with Gasteiger partial charge in [-0.25, -0.2) is 0 Å². The Hall–Kier alpha value is -1.94. The summed E-state index contributed by atoms with van der Waals surface area (Å²) in [7, 11) is 0. The van der Waals surface area contributed by atoms with E-state index in [-0.39, 0.29) is 24.3 Å². The molecular weight excluding hydrogens is 285 g/mol. The van der Waals surface area contributed by atoms with Crippen molar-refractivity contribution in [3.05, 3.63) is 84.1 Å². The Morgan fingerprint density at radius 1 is 0.667 bits per heavy atom. The summed E-state index contributed by atoms with van der Waals surface area (Å²) in [5, 5.41) is 0. The van der Waals surface area contributed by atoms with Crippen molar-refractivity contribution in [1.82, 2.24) is 0 Å². The first-order chi connectivity index (χ1) is 11.0. The van der Waals surface area contributed by atoms with Crippen LogP contribution in [0, 0.1) is 0 Å². The molecular formula is C22H22LiN. The summed E-state index contributed by atoms with van der Waals surface area (Å²) in [6, 6.07) is 24.9. The van der Waals surface area contributed by atoms with Gasteiger partial charge >= 0.3 is 18.9 Å². The van der Waals surface area contributed by atoms with Crippen LogP contribution in [0.2, 0.25) is 0 Å². The Morgan fingerprint density at radius 2 is 1.17 bits per heavy atom. The molecule has 3 aromatic rings. The van der Waals surface area contributed by atoms with Crippen LogP contribution in [0.4, 0.5) is 5.69 Å². The average molecular weight is 307 g/mol. The Morgan fingerprint density at radius 3 is 1.67 bits per heavy atom. The Bertz CT molecular complexity index is 803. The van der Waals surface area contributed by atoms with Crippen LogP contribution in [0.3, 0.4) is 0 Å². The van der Waals surface area contributed by atoms with Gasteiger partial charge in [0.25, 0.3) is 0 Å². The number of rotatable bonds is 2. The molecule has 1 N–H and O–H groups in total. The van der Waals surface area contributed by atoms with Crippen LogP contribution in [-0.2, 0) is 5.41 Å². The molecule has 24 heavy (non-hydrogen) atoms. The van der Waals surface area contributed by atoms with Crippen molar-refractivity contribution in [2.24, 2.45) is 0 Å². The van der Waals surface area contributed by atoms with Crippen LogP contribution in [-0.4, -0.2) is 0 Å². The van der Waals surface area contributed by atoms with Gasteiger partial charge in [-0.3, -0.25) is 0 Å². The number of hydrogen-bond acceptors (Lipinski definition) is 0. The minimum Gasteiger partial charge on any atom is -0.698 e. The standard InChI is InChI=1S/C22H22N.Li/c1-22(2,3)20-15-18(16-10-6-4-7-11-16)14-19(21(20)23)17-12-8-5-9-13-17;/h4-15,23H,1-3H3;/q-1;+1. The Labute approximate surface area is 157 Å². The molecule has 0 saturated carbocycles. The molecule has 3 rings (SSSR count). The van der Waals surface area contributed by atoms with Crippen LogP contribution in [0.1, 0.15) is 26.3 Å². The fourth-order valence-corrected chi connectivity index (χ4v) is 2.88. The maximum atomic E-state index is 8.70. The maximum Gasteiger partial charge on any atom is 1.00 e. The van der Waals surface area contributed by atoms with Crippen molar-refractivity contribution in [3.8, 4) is 22.3 Å². The van der Waals surface area contributed by atoms with Crippen molar-refractivity contribution in [1.29, 1.82) is 0 Å². The SMILES string of the molecule is CC(C)(C)c1cc(-c2ccccc2)cc(-c2ccccc2)c1[NH-].[Li+]. The predicted octanol–water partition coefficient (Wildman–Crippen LogP) is 4.01. The first-order valence-electron chi connectivity index (χ1n) is 7.98. The van der Waals surface area contributed by atoms with Crippen LogP contribution in [0.15, 0.2) is 72.8 Å². The Balaban J connectivity index is 0.00000208. The summed E-state index contributed by atoms with van der Waals surface area (Å²) in [4.78, 5) is 0. The molecule has 0 atom stereocenters. The number of benzene rings is 3.